The molecule has 0 bridgehead atoms. The summed E-state index contributed by atoms with van der Waals surface area (Å²) < 4.78 is 5.74. The van der Waals surface area contributed by atoms with E-state index < -0.39 is 18.2 Å². The summed E-state index contributed by atoms with van der Waals surface area (Å²) in [6, 6.07) is 17.7. The second-order valence-electron chi connectivity index (χ2n) is 9.06. The Labute approximate surface area is 209 Å². The lowest BCUT2D eigenvalue weighted by atomic mass is 9.99. The van der Waals surface area contributed by atoms with Crippen LogP contribution < -0.4 is 10.6 Å². The Kier molecular flexibility index (Phi) is 7.51. The quantitative estimate of drug-likeness (QED) is 0.457. The number of carbonyl (C=O) groups excluding carboxylic acids is 3. The Balaban J connectivity index is 1.60. The minimum absolute atomic E-state index is 0.215. The smallest absolute Gasteiger partial charge is 0.411 e. The van der Waals surface area contributed by atoms with Gasteiger partial charge in [-0.15, -0.1) is 11.3 Å². The van der Waals surface area contributed by atoms with Gasteiger partial charge in [0.25, 0.3) is 5.91 Å². The van der Waals surface area contributed by atoms with Crippen molar-refractivity contribution in [3.63, 3.8) is 0 Å². The van der Waals surface area contributed by atoms with E-state index in [1.165, 1.54) is 16.2 Å². The van der Waals surface area contributed by atoms with E-state index in [-0.39, 0.29) is 24.3 Å². The van der Waals surface area contributed by atoms with Gasteiger partial charge in [-0.25, -0.2) is 4.79 Å². The zero-order valence-electron chi connectivity index (χ0n) is 20.0. The maximum absolute atomic E-state index is 13.3. The minimum Gasteiger partial charge on any atom is -0.438 e. The monoisotopic (exact) mass is 491 g/mol. The first-order chi connectivity index (χ1) is 16.8. The van der Waals surface area contributed by atoms with E-state index in [1.807, 2.05) is 56.5 Å². The summed E-state index contributed by atoms with van der Waals surface area (Å²) in [5.74, 6) is -0.223. The Morgan fingerprint density at radius 3 is 2.54 bits per heavy atom. The van der Waals surface area contributed by atoms with Crippen molar-refractivity contribution < 1.29 is 19.1 Å². The van der Waals surface area contributed by atoms with E-state index in [0.717, 1.165) is 11.1 Å². The number of nitrogens with one attached hydrogen (secondary N) is 2. The van der Waals surface area contributed by atoms with E-state index in [9.17, 15) is 14.4 Å². The maximum Gasteiger partial charge on any atom is 0.411 e. The fourth-order valence-electron chi connectivity index (χ4n) is 3.90. The maximum atomic E-state index is 13.3. The highest BCUT2D eigenvalue weighted by molar-refractivity contribution is 7.12. The number of anilines is 1. The Morgan fingerprint density at radius 2 is 1.86 bits per heavy atom. The van der Waals surface area contributed by atoms with Crippen molar-refractivity contribution in [1.82, 2.24) is 10.2 Å². The van der Waals surface area contributed by atoms with Crippen molar-refractivity contribution in [3.05, 3.63) is 87.6 Å². The van der Waals surface area contributed by atoms with Crippen LogP contribution in [-0.2, 0) is 16.1 Å². The molecule has 1 aliphatic heterocycles. The minimum atomic E-state index is -0.842. The highest BCUT2D eigenvalue weighted by Gasteiger charge is 2.47. The standard InChI is InChI=1S/C27H29N3O4S/c1-17(2)15-28-26(32)23-24(34-27(33)30(23)16-19-11-9-18(3)10-12-19)20-6-4-7-21(14-20)29-25(31)22-8-5-13-35-22/h4-14,17,23-24H,15-16H2,1-3H3,(H,28,32)(H,29,31)/t23-,24+/m1/s1. The molecular formula is C27H29N3O4S. The van der Waals surface area contributed by atoms with Gasteiger partial charge in [-0.1, -0.05) is 61.9 Å². The lowest BCUT2D eigenvalue weighted by Crippen LogP contribution is -2.47. The number of benzene rings is 2. The molecule has 2 heterocycles. The topological polar surface area (TPSA) is 87.7 Å². The zero-order valence-corrected chi connectivity index (χ0v) is 20.8. The lowest BCUT2D eigenvalue weighted by molar-refractivity contribution is -0.126. The average Bonchev–Trinajstić information content (AvgIpc) is 3.48. The number of rotatable bonds is 8. The molecule has 2 atom stereocenters. The Bertz CT molecular complexity index is 1190. The van der Waals surface area contributed by atoms with E-state index in [2.05, 4.69) is 10.6 Å². The van der Waals surface area contributed by atoms with Crippen LogP contribution >= 0.6 is 11.3 Å². The number of hydrogen-bond acceptors (Lipinski definition) is 5. The lowest BCUT2D eigenvalue weighted by Gasteiger charge is -2.25. The molecule has 1 fully saturated rings. The molecule has 8 heteroatoms. The first-order valence-electron chi connectivity index (χ1n) is 11.6. The van der Waals surface area contributed by atoms with Crippen molar-refractivity contribution >= 4 is 34.9 Å². The second kappa shape index (κ2) is 10.7. The summed E-state index contributed by atoms with van der Waals surface area (Å²) >= 11 is 1.35. The highest BCUT2D eigenvalue weighted by atomic mass is 32.1. The summed E-state index contributed by atoms with van der Waals surface area (Å²) in [4.78, 5) is 40.8. The van der Waals surface area contributed by atoms with Crippen LogP contribution in [0.2, 0.25) is 0 Å². The normalized spacial score (nSPS) is 17.4. The third-order valence-electron chi connectivity index (χ3n) is 5.73. The highest BCUT2D eigenvalue weighted by Crippen LogP contribution is 2.35. The van der Waals surface area contributed by atoms with Gasteiger partial charge in [0, 0.05) is 12.2 Å². The van der Waals surface area contributed by atoms with Crippen molar-refractivity contribution in [2.45, 2.75) is 39.5 Å². The third-order valence-corrected chi connectivity index (χ3v) is 6.60. The van der Waals surface area contributed by atoms with Gasteiger partial charge < -0.3 is 15.4 Å². The van der Waals surface area contributed by atoms with Crippen molar-refractivity contribution in [2.75, 3.05) is 11.9 Å². The van der Waals surface area contributed by atoms with Gasteiger partial charge in [0.1, 0.15) is 0 Å². The molecule has 4 rings (SSSR count). The van der Waals surface area contributed by atoms with E-state index in [1.54, 1.807) is 30.3 Å². The van der Waals surface area contributed by atoms with Gasteiger partial charge in [0.05, 0.1) is 11.4 Å². The third kappa shape index (κ3) is 5.89. The van der Waals surface area contributed by atoms with E-state index >= 15 is 0 Å². The van der Waals surface area contributed by atoms with Crippen LogP contribution in [-0.4, -0.2) is 35.4 Å². The summed E-state index contributed by atoms with van der Waals surface area (Å²) in [5.41, 5.74) is 3.23. The van der Waals surface area contributed by atoms with E-state index in [0.29, 0.717) is 22.7 Å². The van der Waals surface area contributed by atoms with Crippen molar-refractivity contribution in [1.29, 1.82) is 0 Å². The van der Waals surface area contributed by atoms with Gasteiger partial charge in [0.2, 0.25) is 5.91 Å². The first kappa shape index (κ1) is 24.5. The number of nitrogens with zero attached hydrogens (tertiary/aromatic N) is 1. The van der Waals surface area contributed by atoms with Gasteiger partial charge in [-0.3, -0.25) is 14.5 Å². The van der Waals surface area contributed by atoms with Crippen LogP contribution in [0.4, 0.5) is 10.5 Å². The molecule has 35 heavy (non-hydrogen) atoms. The van der Waals surface area contributed by atoms with Crippen LogP contribution in [0.1, 0.15) is 46.3 Å². The number of hydrogen-bond donors (Lipinski definition) is 2. The van der Waals surface area contributed by atoms with Gasteiger partial charge >= 0.3 is 6.09 Å². The molecule has 0 unspecified atom stereocenters. The number of carbonyl (C=O) groups is 3. The van der Waals surface area contributed by atoms with Gasteiger partial charge in [0.15, 0.2) is 12.1 Å². The van der Waals surface area contributed by atoms with Crippen LogP contribution in [0.25, 0.3) is 0 Å². The number of cyclic esters (lactones) is 1. The van der Waals surface area contributed by atoms with Crippen LogP contribution in [0, 0.1) is 12.8 Å². The van der Waals surface area contributed by atoms with Gasteiger partial charge in [-0.05, 0) is 47.5 Å². The predicted octanol–water partition coefficient (Wildman–Crippen LogP) is 5.14. The molecule has 0 spiro atoms. The molecule has 1 aromatic heterocycles. The molecule has 2 N–H and O–H groups in total. The fourth-order valence-corrected chi connectivity index (χ4v) is 4.52. The van der Waals surface area contributed by atoms with Crippen LogP contribution in [0.3, 0.4) is 0 Å². The van der Waals surface area contributed by atoms with Crippen LogP contribution in [0.5, 0.6) is 0 Å². The molecule has 2 aromatic carbocycles. The van der Waals surface area contributed by atoms with Gasteiger partial charge in [-0.2, -0.15) is 0 Å². The van der Waals surface area contributed by atoms with E-state index in [4.69, 9.17) is 4.74 Å². The molecule has 3 aromatic rings. The van der Waals surface area contributed by atoms with Crippen molar-refractivity contribution in [2.24, 2.45) is 5.92 Å². The zero-order chi connectivity index (χ0) is 24.9. The second-order valence-corrected chi connectivity index (χ2v) is 10.0. The Hall–Kier alpha value is -3.65. The average molecular weight is 492 g/mol. The summed E-state index contributed by atoms with van der Waals surface area (Å²) in [7, 11) is 0. The summed E-state index contributed by atoms with van der Waals surface area (Å²) in [6.45, 7) is 6.77. The molecule has 0 saturated carbocycles. The number of aryl methyl sites for hydroxylation is 1. The van der Waals surface area contributed by atoms with Crippen molar-refractivity contribution in [3.8, 4) is 0 Å². The largest absolute Gasteiger partial charge is 0.438 e. The molecule has 0 radical (unpaired) electrons. The number of thiophene rings is 1. The summed E-state index contributed by atoms with van der Waals surface area (Å²) in [5, 5.41) is 7.67. The molecule has 3 amide bonds. The molecule has 0 aliphatic carbocycles. The molecular weight excluding hydrogens is 462 g/mol. The number of ether oxygens (including phenoxy) is 1. The molecule has 7 nitrogen and oxygen atoms in total. The molecule has 182 valence electrons. The van der Waals surface area contributed by atoms with Crippen LogP contribution in [0.15, 0.2) is 66.0 Å². The fraction of sp³-hybridized carbons (Fsp3) is 0.296. The Morgan fingerprint density at radius 1 is 1.09 bits per heavy atom. The SMILES string of the molecule is Cc1ccc(CN2C(=O)O[C@@H](c3cccc(NC(=O)c4cccs4)c3)[C@@H]2C(=O)NCC(C)C)cc1. The summed E-state index contributed by atoms with van der Waals surface area (Å²) in [6.07, 6.45) is -1.35. The predicted molar refractivity (Wildman–Crippen MR) is 136 cm³/mol. The molecule has 1 aliphatic rings. The molecule has 1 saturated heterocycles. The first-order valence-corrected chi connectivity index (χ1v) is 12.4. The number of amides is 3.